The summed E-state index contributed by atoms with van der Waals surface area (Å²) in [6.07, 6.45) is 8.35. The van der Waals surface area contributed by atoms with E-state index >= 15 is 0 Å². The van der Waals surface area contributed by atoms with Crippen molar-refractivity contribution < 1.29 is 9.53 Å². The molecule has 31 heavy (non-hydrogen) atoms. The molecular formula is C21H28N8O2. The Morgan fingerprint density at radius 1 is 1.06 bits per heavy atom. The highest BCUT2D eigenvalue weighted by atomic mass is 16.6. The lowest BCUT2D eigenvalue weighted by Gasteiger charge is -2.30. The number of hydrogen-bond acceptors (Lipinski definition) is 8. The Labute approximate surface area is 180 Å². The van der Waals surface area contributed by atoms with Gasteiger partial charge in [0.15, 0.2) is 5.65 Å². The maximum atomic E-state index is 12.0. The smallest absolute Gasteiger partial charge is 0.407 e. The van der Waals surface area contributed by atoms with Crippen molar-refractivity contribution >= 4 is 23.5 Å². The molecule has 10 nitrogen and oxygen atoms in total. The molecule has 3 aromatic rings. The Hall–Kier alpha value is -3.43. The van der Waals surface area contributed by atoms with E-state index < -0.39 is 5.60 Å². The molecule has 4 N–H and O–H groups in total. The predicted molar refractivity (Wildman–Crippen MR) is 117 cm³/mol. The number of nitrogen functional groups attached to an aromatic ring is 1. The average molecular weight is 425 g/mol. The number of nitrogens with zero attached hydrogens (tertiary/aromatic N) is 5. The van der Waals surface area contributed by atoms with Crippen molar-refractivity contribution in [1.29, 1.82) is 0 Å². The fraction of sp³-hybridized carbons (Fsp3) is 0.476. The number of fused-ring (bicyclic) bond motifs is 1. The zero-order chi connectivity index (χ0) is 22.0. The van der Waals surface area contributed by atoms with Crippen molar-refractivity contribution in [2.45, 2.75) is 64.1 Å². The van der Waals surface area contributed by atoms with Crippen molar-refractivity contribution in [2.75, 3.05) is 11.1 Å². The molecule has 0 saturated heterocycles. The van der Waals surface area contributed by atoms with E-state index in [0.717, 1.165) is 48.4 Å². The fourth-order valence-electron chi connectivity index (χ4n) is 3.68. The number of ether oxygens (including phenoxy) is 1. The molecule has 1 aliphatic carbocycles. The molecule has 3 heterocycles. The van der Waals surface area contributed by atoms with E-state index in [2.05, 4.69) is 25.6 Å². The van der Waals surface area contributed by atoms with Crippen LogP contribution in [0.4, 0.5) is 16.6 Å². The number of hydrogen-bond donors (Lipinski definition) is 3. The van der Waals surface area contributed by atoms with Crippen molar-refractivity contribution in [3.63, 3.8) is 0 Å². The first kappa shape index (κ1) is 20.8. The second-order valence-electron chi connectivity index (χ2n) is 8.80. The van der Waals surface area contributed by atoms with Gasteiger partial charge in [-0.3, -0.25) is 0 Å². The standard InChI is InChI=1S/C21H28N8O2/c1-21(2,3)31-20(30)27-15-6-4-14(5-7-15)26-17-8-9-18-23-12-16(29(18)28-17)13-10-24-19(22)25-11-13/h8-12,14-15H,4-7H2,1-3H3,(H,26,28)(H,27,30)(H2,22,24,25). The maximum Gasteiger partial charge on any atom is 0.407 e. The zero-order valence-corrected chi connectivity index (χ0v) is 18.0. The monoisotopic (exact) mass is 424 g/mol. The van der Waals surface area contributed by atoms with Gasteiger partial charge in [0, 0.05) is 30.0 Å². The Morgan fingerprint density at radius 3 is 2.42 bits per heavy atom. The molecule has 0 spiro atoms. The highest BCUT2D eigenvalue weighted by Crippen LogP contribution is 2.24. The van der Waals surface area contributed by atoms with Gasteiger partial charge < -0.3 is 21.1 Å². The molecule has 1 fully saturated rings. The molecule has 1 aliphatic rings. The van der Waals surface area contributed by atoms with Gasteiger partial charge in [-0.1, -0.05) is 0 Å². The van der Waals surface area contributed by atoms with Crippen LogP contribution in [-0.4, -0.2) is 48.3 Å². The van der Waals surface area contributed by atoms with E-state index in [1.54, 1.807) is 23.1 Å². The normalized spacial score (nSPS) is 19.2. The minimum atomic E-state index is -0.488. The predicted octanol–water partition coefficient (Wildman–Crippen LogP) is 3.02. The first-order valence-corrected chi connectivity index (χ1v) is 10.5. The number of imidazole rings is 1. The number of aromatic nitrogens is 5. The van der Waals surface area contributed by atoms with E-state index in [0.29, 0.717) is 0 Å². The molecule has 1 amide bonds. The molecule has 0 unspecified atom stereocenters. The van der Waals surface area contributed by atoms with Gasteiger partial charge in [0.2, 0.25) is 5.95 Å². The Balaban J connectivity index is 1.38. The molecule has 4 rings (SSSR count). The highest BCUT2D eigenvalue weighted by molar-refractivity contribution is 5.68. The summed E-state index contributed by atoms with van der Waals surface area (Å²) in [5.74, 6) is 0.997. The molecule has 0 aromatic carbocycles. The molecule has 0 aliphatic heterocycles. The van der Waals surface area contributed by atoms with Crippen molar-refractivity contribution in [3.8, 4) is 11.3 Å². The van der Waals surface area contributed by atoms with E-state index in [-0.39, 0.29) is 24.1 Å². The van der Waals surface area contributed by atoms with E-state index in [9.17, 15) is 4.79 Å². The van der Waals surface area contributed by atoms with Crippen LogP contribution in [0.2, 0.25) is 0 Å². The molecule has 3 aromatic heterocycles. The number of alkyl carbamates (subject to hydrolysis) is 1. The Bertz CT molecular complexity index is 1050. The third-order valence-corrected chi connectivity index (χ3v) is 5.13. The number of amides is 1. The third-order valence-electron chi connectivity index (χ3n) is 5.13. The molecule has 164 valence electrons. The van der Waals surface area contributed by atoms with E-state index in [4.69, 9.17) is 15.6 Å². The lowest BCUT2D eigenvalue weighted by Crippen LogP contribution is -2.42. The lowest BCUT2D eigenvalue weighted by molar-refractivity contribution is 0.0492. The first-order valence-electron chi connectivity index (χ1n) is 10.5. The lowest BCUT2D eigenvalue weighted by atomic mass is 9.91. The number of anilines is 2. The average Bonchev–Trinajstić information content (AvgIpc) is 3.12. The number of nitrogens with one attached hydrogen (secondary N) is 2. The second kappa shape index (κ2) is 8.37. The number of carbonyl (C=O) groups excluding carboxylic acids is 1. The van der Waals surface area contributed by atoms with Crippen molar-refractivity contribution in [3.05, 3.63) is 30.7 Å². The summed E-state index contributed by atoms with van der Waals surface area (Å²) >= 11 is 0. The summed E-state index contributed by atoms with van der Waals surface area (Å²) in [6, 6.07) is 4.27. The van der Waals surface area contributed by atoms with Crippen LogP contribution in [0, 0.1) is 0 Å². The van der Waals surface area contributed by atoms with Crippen LogP contribution < -0.4 is 16.4 Å². The van der Waals surface area contributed by atoms with Gasteiger partial charge in [-0.2, -0.15) is 0 Å². The highest BCUT2D eigenvalue weighted by Gasteiger charge is 2.25. The maximum absolute atomic E-state index is 12.0. The molecule has 1 saturated carbocycles. The largest absolute Gasteiger partial charge is 0.444 e. The Morgan fingerprint density at radius 2 is 1.74 bits per heavy atom. The second-order valence-corrected chi connectivity index (χ2v) is 8.80. The summed E-state index contributed by atoms with van der Waals surface area (Å²) in [5, 5.41) is 11.2. The summed E-state index contributed by atoms with van der Waals surface area (Å²) < 4.78 is 7.12. The molecular weight excluding hydrogens is 396 g/mol. The summed E-state index contributed by atoms with van der Waals surface area (Å²) in [4.78, 5) is 24.5. The number of rotatable bonds is 4. The van der Waals surface area contributed by atoms with Crippen LogP contribution in [-0.2, 0) is 4.74 Å². The molecule has 0 radical (unpaired) electrons. The van der Waals surface area contributed by atoms with Crippen LogP contribution in [0.5, 0.6) is 0 Å². The topological polar surface area (TPSA) is 132 Å². The molecule has 0 bridgehead atoms. The summed E-state index contributed by atoms with van der Waals surface area (Å²) in [7, 11) is 0. The third kappa shape index (κ3) is 5.19. The van der Waals surface area contributed by atoms with Crippen LogP contribution >= 0.6 is 0 Å². The SMILES string of the molecule is CC(C)(C)OC(=O)NC1CCC(Nc2ccc3ncc(-c4cnc(N)nc4)n3n2)CC1. The van der Waals surface area contributed by atoms with Gasteiger partial charge in [-0.05, 0) is 58.6 Å². The number of nitrogens with two attached hydrogens (primary N) is 1. The van der Waals surface area contributed by atoms with Crippen molar-refractivity contribution in [1.82, 2.24) is 29.9 Å². The number of carbonyl (C=O) groups is 1. The summed E-state index contributed by atoms with van der Waals surface area (Å²) in [5.41, 5.74) is 7.42. The van der Waals surface area contributed by atoms with Crippen LogP contribution in [0.1, 0.15) is 46.5 Å². The van der Waals surface area contributed by atoms with Gasteiger partial charge in [0.25, 0.3) is 0 Å². The summed E-state index contributed by atoms with van der Waals surface area (Å²) in [6.45, 7) is 5.59. The quantitative estimate of drug-likeness (QED) is 0.582. The molecule has 0 atom stereocenters. The van der Waals surface area contributed by atoms with Gasteiger partial charge in [0.05, 0.1) is 11.9 Å². The minimum absolute atomic E-state index is 0.133. The zero-order valence-electron chi connectivity index (χ0n) is 18.0. The minimum Gasteiger partial charge on any atom is -0.444 e. The fourth-order valence-corrected chi connectivity index (χ4v) is 3.68. The van der Waals surface area contributed by atoms with Gasteiger partial charge in [0.1, 0.15) is 11.4 Å². The van der Waals surface area contributed by atoms with E-state index in [1.165, 1.54) is 0 Å². The van der Waals surface area contributed by atoms with Crippen molar-refractivity contribution in [2.24, 2.45) is 0 Å². The van der Waals surface area contributed by atoms with Crippen LogP contribution in [0.15, 0.2) is 30.7 Å². The first-order chi connectivity index (χ1) is 14.8. The van der Waals surface area contributed by atoms with Gasteiger partial charge >= 0.3 is 6.09 Å². The van der Waals surface area contributed by atoms with Crippen LogP contribution in [0.25, 0.3) is 16.9 Å². The molecule has 10 heteroatoms. The van der Waals surface area contributed by atoms with E-state index in [1.807, 2.05) is 32.9 Å². The van der Waals surface area contributed by atoms with Crippen LogP contribution in [0.3, 0.4) is 0 Å². The van der Waals surface area contributed by atoms with Gasteiger partial charge in [-0.15, -0.1) is 5.10 Å². The Kier molecular flexibility index (Phi) is 5.62. The van der Waals surface area contributed by atoms with Gasteiger partial charge in [-0.25, -0.2) is 24.3 Å².